The van der Waals surface area contributed by atoms with E-state index in [0.29, 0.717) is 32.8 Å². The van der Waals surface area contributed by atoms with Crippen LogP contribution in [0.4, 0.5) is 0 Å². The van der Waals surface area contributed by atoms with Crippen molar-refractivity contribution < 1.29 is 8.42 Å². The number of sulfonamides is 1. The average molecular weight is 491 g/mol. The Morgan fingerprint density at radius 3 is 2.03 bits per heavy atom. The number of benzene rings is 3. The highest BCUT2D eigenvalue weighted by atomic mass is 32.2. The molecule has 34 heavy (non-hydrogen) atoms. The molecule has 0 bridgehead atoms. The average Bonchev–Trinajstić information content (AvgIpc) is 3.15. The molecule has 3 aromatic carbocycles. The largest absolute Gasteiger partial charge is 0.303 e. The van der Waals surface area contributed by atoms with Crippen molar-refractivity contribution in [3.8, 4) is 5.69 Å². The zero-order chi connectivity index (χ0) is 23.5. The van der Waals surface area contributed by atoms with Gasteiger partial charge in [-0.05, 0) is 48.1 Å². The SMILES string of the molecule is O=S(=O)(C=Cc1ccccc1)N1CCN(Cn2c(=S)n(-c3ccccc3)c3ccccc32)CC1. The van der Waals surface area contributed by atoms with Gasteiger partial charge < -0.3 is 4.57 Å². The molecule has 1 aromatic heterocycles. The summed E-state index contributed by atoms with van der Waals surface area (Å²) in [6, 6.07) is 27.8. The minimum absolute atomic E-state index is 0.451. The molecule has 0 atom stereocenters. The van der Waals surface area contributed by atoms with Crippen LogP contribution in [0.1, 0.15) is 5.56 Å². The van der Waals surface area contributed by atoms with Gasteiger partial charge in [-0.25, -0.2) is 8.42 Å². The second-order valence-electron chi connectivity index (χ2n) is 8.29. The van der Waals surface area contributed by atoms with Gasteiger partial charge in [0.25, 0.3) is 0 Å². The number of aromatic nitrogens is 2. The molecule has 0 N–H and O–H groups in total. The maximum absolute atomic E-state index is 12.8. The first-order chi connectivity index (χ1) is 16.5. The number of hydrogen-bond acceptors (Lipinski definition) is 4. The maximum Gasteiger partial charge on any atom is 0.236 e. The van der Waals surface area contributed by atoms with Crippen LogP contribution >= 0.6 is 12.2 Å². The third kappa shape index (κ3) is 4.63. The molecule has 8 heteroatoms. The van der Waals surface area contributed by atoms with Crippen LogP contribution < -0.4 is 0 Å². The van der Waals surface area contributed by atoms with Crippen molar-refractivity contribution >= 4 is 39.4 Å². The highest BCUT2D eigenvalue weighted by Gasteiger charge is 2.25. The Kier molecular flexibility index (Phi) is 6.47. The van der Waals surface area contributed by atoms with E-state index in [1.807, 2.05) is 60.7 Å². The Labute approximate surface area is 205 Å². The van der Waals surface area contributed by atoms with Gasteiger partial charge in [-0.2, -0.15) is 4.31 Å². The van der Waals surface area contributed by atoms with Crippen molar-refractivity contribution in [3.63, 3.8) is 0 Å². The van der Waals surface area contributed by atoms with Crippen LogP contribution in [0.25, 0.3) is 22.8 Å². The summed E-state index contributed by atoms with van der Waals surface area (Å²) in [5.41, 5.74) is 4.03. The highest BCUT2D eigenvalue weighted by molar-refractivity contribution is 7.92. The van der Waals surface area contributed by atoms with Crippen LogP contribution in [0.15, 0.2) is 90.3 Å². The monoisotopic (exact) mass is 490 g/mol. The van der Waals surface area contributed by atoms with Crippen molar-refractivity contribution in [2.24, 2.45) is 0 Å². The fourth-order valence-electron chi connectivity index (χ4n) is 4.31. The number of hydrogen-bond donors (Lipinski definition) is 0. The summed E-state index contributed by atoms with van der Waals surface area (Å²) in [7, 11) is -3.46. The molecule has 174 valence electrons. The van der Waals surface area contributed by atoms with Crippen LogP contribution in [-0.4, -0.2) is 52.9 Å². The predicted octanol–water partition coefficient (Wildman–Crippen LogP) is 4.74. The summed E-state index contributed by atoms with van der Waals surface area (Å²) >= 11 is 5.89. The Morgan fingerprint density at radius 2 is 1.35 bits per heavy atom. The summed E-state index contributed by atoms with van der Waals surface area (Å²) in [5.74, 6) is 0. The summed E-state index contributed by atoms with van der Waals surface area (Å²) in [5, 5.41) is 1.31. The van der Waals surface area contributed by atoms with E-state index in [1.54, 1.807) is 10.4 Å². The maximum atomic E-state index is 12.8. The number of fused-ring (bicyclic) bond motifs is 1. The first kappa shape index (κ1) is 22.7. The van der Waals surface area contributed by atoms with Gasteiger partial charge in [0.1, 0.15) is 0 Å². The number of piperazine rings is 1. The molecule has 2 heterocycles. The lowest BCUT2D eigenvalue weighted by Crippen LogP contribution is -2.48. The molecule has 1 saturated heterocycles. The van der Waals surface area contributed by atoms with Crippen LogP contribution in [0, 0.1) is 4.77 Å². The number of nitrogens with zero attached hydrogens (tertiary/aromatic N) is 4. The minimum Gasteiger partial charge on any atom is -0.303 e. The molecule has 1 aliphatic heterocycles. The van der Waals surface area contributed by atoms with E-state index < -0.39 is 10.0 Å². The molecule has 1 aliphatic rings. The van der Waals surface area contributed by atoms with Gasteiger partial charge in [0.2, 0.25) is 10.0 Å². The second kappa shape index (κ2) is 9.68. The Balaban J connectivity index is 1.33. The zero-order valence-corrected chi connectivity index (χ0v) is 20.3. The quantitative estimate of drug-likeness (QED) is 0.367. The molecule has 4 aromatic rings. The first-order valence-corrected chi connectivity index (χ1v) is 13.2. The lowest BCUT2D eigenvalue weighted by Gasteiger charge is -2.33. The van der Waals surface area contributed by atoms with E-state index in [-0.39, 0.29) is 0 Å². The van der Waals surface area contributed by atoms with Crippen LogP contribution in [-0.2, 0) is 16.7 Å². The van der Waals surface area contributed by atoms with Gasteiger partial charge in [0, 0.05) is 37.3 Å². The fraction of sp³-hybridized carbons (Fsp3) is 0.192. The van der Waals surface area contributed by atoms with Gasteiger partial charge in [0.15, 0.2) is 4.77 Å². The van der Waals surface area contributed by atoms with E-state index in [9.17, 15) is 8.42 Å². The second-order valence-corrected chi connectivity index (χ2v) is 10.5. The van der Waals surface area contributed by atoms with Crippen LogP contribution in [0.2, 0.25) is 0 Å². The van der Waals surface area contributed by atoms with Gasteiger partial charge >= 0.3 is 0 Å². The van der Waals surface area contributed by atoms with Crippen molar-refractivity contribution in [1.82, 2.24) is 18.3 Å². The van der Waals surface area contributed by atoms with E-state index in [2.05, 4.69) is 38.3 Å². The van der Waals surface area contributed by atoms with Gasteiger partial charge in [0.05, 0.1) is 17.7 Å². The third-order valence-corrected chi connectivity index (χ3v) is 8.08. The number of rotatable bonds is 6. The topological polar surface area (TPSA) is 50.5 Å². The van der Waals surface area contributed by atoms with Gasteiger partial charge in [-0.1, -0.05) is 60.7 Å². The molecule has 0 amide bonds. The fourth-order valence-corrected chi connectivity index (χ4v) is 5.85. The van der Waals surface area contributed by atoms with Crippen molar-refractivity contribution in [2.75, 3.05) is 26.2 Å². The summed E-state index contributed by atoms with van der Waals surface area (Å²) in [6.45, 7) is 2.81. The molecule has 0 aliphatic carbocycles. The summed E-state index contributed by atoms with van der Waals surface area (Å²) in [6.07, 6.45) is 1.65. The standard InChI is InChI=1S/C26H26N4O2S2/c31-34(32,20-15-22-9-3-1-4-10-22)28-18-16-27(17-19-28)21-29-24-13-7-8-14-25(24)30(26(29)33)23-11-5-2-6-12-23/h1-15,20H,16-19,21H2. The Bertz CT molecular complexity index is 1470. The molecule has 6 nitrogen and oxygen atoms in total. The Hall–Kier alpha value is -3.04. The summed E-state index contributed by atoms with van der Waals surface area (Å²) < 4.78 is 32.1. The van der Waals surface area contributed by atoms with E-state index in [1.165, 1.54) is 5.41 Å². The molecule has 0 radical (unpaired) electrons. The smallest absolute Gasteiger partial charge is 0.236 e. The minimum atomic E-state index is -3.46. The van der Waals surface area contributed by atoms with Crippen LogP contribution in [0.3, 0.4) is 0 Å². The van der Waals surface area contributed by atoms with Crippen molar-refractivity contribution in [2.45, 2.75) is 6.67 Å². The lowest BCUT2D eigenvalue weighted by molar-refractivity contribution is 0.154. The number of para-hydroxylation sites is 3. The molecular formula is C26H26N4O2S2. The van der Waals surface area contributed by atoms with Gasteiger partial charge in [-0.15, -0.1) is 0 Å². The van der Waals surface area contributed by atoms with Crippen LogP contribution in [0.5, 0.6) is 0 Å². The van der Waals surface area contributed by atoms with Crippen molar-refractivity contribution in [1.29, 1.82) is 0 Å². The Morgan fingerprint density at radius 1 is 0.765 bits per heavy atom. The predicted molar refractivity (Wildman–Crippen MR) is 140 cm³/mol. The zero-order valence-electron chi connectivity index (χ0n) is 18.7. The van der Waals surface area contributed by atoms with E-state index in [4.69, 9.17) is 12.2 Å². The normalized spacial score (nSPS) is 15.9. The number of imidazole rings is 1. The molecule has 0 spiro atoms. The molecule has 5 rings (SSSR count). The molecule has 0 unspecified atom stereocenters. The van der Waals surface area contributed by atoms with E-state index >= 15 is 0 Å². The molecular weight excluding hydrogens is 464 g/mol. The molecule has 1 fully saturated rings. The molecule has 0 saturated carbocycles. The summed E-state index contributed by atoms with van der Waals surface area (Å²) in [4.78, 5) is 2.25. The van der Waals surface area contributed by atoms with Crippen molar-refractivity contribution in [3.05, 3.63) is 101 Å². The lowest BCUT2D eigenvalue weighted by atomic mass is 10.2. The highest BCUT2D eigenvalue weighted by Crippen LogP contribution is 2.23. The third-order valence-electron chi connectivity index (χ3n) is 6.11. The van der Waals surface area contributed by atoms with E-state index in [0.717, 1.165) is 27.1 Å². The van der Waals surface area contributed by atoms with Gasteiger partial charge in [-0.3, -0.25) is 9.47 Å². The first-order valence-electron chi connectivity index (χ1n) is 11.2.